The number of unbranched alkanes of at least 4 members (excludes halogenated alkanes) is 4. The third kappa shape index (κ3) is 24.5. The van der Waals surface area contributed by atoms with Gasteiger partial charge in [0.2, 0.25) is 0 Å². The van der Waals surface area contributed by atoms with Crippen LogP contribution in [0.4, 0.5) is 18.0 Å². The van der Waals surface area contributed by atoms with Crippen molar-refractivity contribution in [2.75, 3.05) is 37.2 Å². The van der Waals surface area contributed by atoms with Gasteiger partial charge in [0.05, 0.1) is 62.6 Å². The number of nitrogens with one attached hydrogen (secondary N) is 8. The van der Waals surface area contributed by atoms with Gasteiger partial charge in [0, 0.05) is 95.4 Å². The number of carbonyl (C=O) groups is 10. The second-order valence-corrected chi connectivity index (χ2v) is 27.8. The number of nitrogens with zero attached hydrogens (tertiary/aromatic N) is 2. The van der Waals surface area contributed by atoms with Crippen LogP contribution in [-0.2, 0) is 62.3 Å². The number of halogens is 3. The molecule has 10 aliphatic rings. The van der Waals surface area contributed by atoms with Gasteiger partial charge in [-0.1, -0.05) is 25.7 Å². The molecule has 0 saturated carbocycles. The number of aliphatic carboxylic acids is 1. The molecule has 10 N–H and O–H groups in total. The minimum Gasteiger partial charge on any atom is -0.870 e. The quantitative estimate of drug-likeness (QED) is 0.0176. The molecule has 10 heterocycles. The molecular formula is C52H76F3N10NaO16S7. The summed E-state index contributed by atoms with van der Waals surface area (Å²) in [5.41, 5.74) is 0. The van der Waals surface area contributed by atoms with Gasteiger partial charge in [0.1, 0.15) is 0 Å². The maximum absolute atomic E-state index is 11.7. The van der Waals surface area contributed by atoms with Crippen LogP contribution < -0.4 is 72.1 Å². The van der Waals surface area contributed by atoms with Gasteiger partial charge in [-0.25, -0.2) is 14.4 Å². The summed E-state index contributed by atoms with van der Waals surface area (Å²) in [4.78, 5) is 118. The predicted molar refractivity (Wildman–Crippen MR) is 331 cm³/mol. The van der Waals surface area contributed by atoms with E-state index < -0.39 is 47.7 Å². The maximum atomic E-state index is 11.7. The van der Waals surface area contributed by atoms with Gasteiger partial charge in [-0.2, -0.15) is 60.2 Å². The molecule has 10 aliphatic heterocycles. The second-order valence-electron chi connectivity index (χ2n) is 21.5. The van der Waals surface area contributed by atoms with Crippen LogP contribution in [0.5, 0.6) is 0 Å². The Kier molecular flexibility index (Phi) is 33.4. The molecule has 6 amide bonds. The van der Waals surface area contributed by atoms with E-state index in [1.54, 1.807) is 0 Å². The molecule has 10 saturated heterocycles. The van der Waals surface area contributed by atoms with Gasteiger partial charge in [-0.15, -0.1) is 10.1 Å². The summed E-state index contributed by atoms with van der Waals surface area (Å²) in [5.74, 6) is -2.57. The zero-order chi connectivity index (χ0) is 63.4. The van der Waals surface area contributed by atoms with E-state index in [4.69, 9.17) is 46.6 Å². The number of methoxy groups -OCH3 is 2. The molecule has 0 spiro atoms. The molecule has 0 aromatic carbocycles. The number of carbonyl (C=O) groups excluding carboxylic acids is 9. The van der Waals surface area contributed by atoms with Crippen molar-refractivity contribution in [1.82, 2.24) is 52.7 Å². The molecule has 26 nitrogen and oxygen atoms in total. The number of thiocarbonyl (C=S) groups is 3. The fourth-order valence-corrected chi connectivity index (χ4v) is 17.9. The Balaban J connectivity index is 0.000000239. The van der Waals surface area contributed by atoms with Crippen LogP contribution in [0, 0.1) is 0 Å². The molecule has 0 unspecified atom stereocenters. The number of hydrogen-bond donors (Lipinski definition) is 9. The molecular weight excluding hydrogens is 1330 g/mol. The van der Waals surface area contributed by atoms with Crippen molar-refractivity contribution in [3.8, 4) is 0 Å². The molecule has 12 atom stereocenters. The van der Waals surface area contributed by atoms with Crippen molar-refractivity contribution in [3.63, 3.8) is 0 Å². The van der Waals surface area contributed by atoms with Crippen molar-refractivity contribution < 1.29 is 120 Å². The SMILES string of the molecule is COC(=O)CCCC[C@@H]1SC[C@@H]2NC(=O)N[C@@H]21.COC(=O)CCCC[C@@H]1SC[C@@H]2NC(=S)N[C@@H]21.O=C(CCCC[C@@H]1SC[C@@H]2NC(=S)N[C@@H]21)ON1C(=O)CCC1=O.O=C(O)CCCC[C@@H]1SC[C@@H]2NC(=S)N[C@@H]21.O=C1CCC(=O)N1OC(=O)C(F)(F)F.[Na+].[OH-]. The average Bonchev–Trinajstić information content (AvgIpc) is 2.50. The monoisotopic (exact) mass is 1400 g/mol. The fourth-order valence-electron chi connectivity index (χ4n) is 10.8. The summed E-state index contributed by atoms with van der Waals surface area (Å²) in [6.45, 7) is 0. The first-order valence-corrected chi connectivity index (χ1v) is 34.2. The number of alkyl halides is 3. The van der Waals surface area contributed by atoms with Crippen LogP contribution in [0.3, 0.4) is 0 Å². The summed E-state index contributed by atoms with van der Waals surface area (Å²) in [5, 5.41) is 39.1. The number of fused-ring (bicyclic) bond motifs is 4. The average molecular weight is 1400 g/mol. The van der Waals surface area contributed by atoms with Gasteiger partial charge in [-0.05, 0) is 88.0 Å². The topological polar surface area (TPSA) is 361 Å². The molecule has 10 fully saturated rings. The Morgan fingerprint density at radius 1 is 0.483 bits per heavy atom. The Morgan fingerprint density at radius 3 is 1.11 bits per heavy atom. The smallest absolute Gasteiger partial charge is 0.870 e. The number of ether oxygens (including phenoxy) is 2. The minimum atomic E-state index is -5.22. The summed E-state index contributed by atoms with van der Waals surface area (Å²) < 4.78 is 44.1. The van der Waals surface area contributed by atoms with Gasteiger partial charge < -0.3 is 72.3 Å². The van der Waals surface area contributed by atoms with Crippen LogP contribution >= 0.6 is 83.7 Å². The van der Waals surface area contributed by atoms with Crippen molar-refractivity contribution in [2.45, 2.75) is 204 Å². The van der Waals surface area contributed by atoms with Crippen LogP contribution in [-0.4, -0.2) is 208 Å². The van der Waals surface area contributed by atoms with E-state index in [1.165, 1.54) is 14.2 Å². The molecule has 0 aliphatic carbocycles. The van der Waals surface area contributed by atoms with E-state index in [9.17, 15) is 61.1 Å². The van der Waals surface area contributed by atoms with Crippen molar-refractivity contribution in [3.05, 3.63) is 0 Å². The zero-order valence-electron chi connectivity index (χ0n) is 49.4. The van der Waals surface area contributed by atoms with Crippen molar-refractivity contribution in [1.29, 1.82) is 0 Å². The first-order chi connectivity index (χ1) is 41.4. The summed E-state index contributed by atoms with van der Waals surface area (Å²) in [7, 11) is 2.86. The van der Waals surface area contributed by atoms with E-state index in [-0.39, 0.29) is 109 Å². The third-order valence-corrected chi connectivity index (χ3v) is 22.0. The predicted octanol–water partition coefficient (Wildman–Crippen LogP) is 0.364. The van der Waals surface area contributed by atoms with Crippen LogP contribution in [0.25, 0.3) is 0 Å². The Hall–Kier alpha value is -3.88. The normalized spacial score (nSPS) is 27.8. The molecule has 0 aromatic heterocycles. The standard InChI is InChI=1S/C14H19N3O4S2.C11H18N2O3S.C11H18N2O2S2.C10H16N2O2S2.C6H4F3NO4.Na.H2O/c18-10-5-6-11(19)17(10)21-12(20)4-2-1-3-9-13-8(7-23-9)15-14(22)16-13;1-16-9(14)5-3-2-4-8-10-7(6-17-8)12-11(15)13-10;1-15-9(14)5-3-2-4-8-10-7(6-17-8)12-11(16)13-10;13-8(14)4-2-1-3-7-9-6(5-16-7)11-10(15)12-9;7-6(8,9)5(13)14-10-3(11)1-2-4(10)12;;/h8-9,13H,1-7H2,(H2,15,16,22);7-8,10H,2-6H2,1H3,(H2,12,13,15);7-8,10H,2-6H2,1H3,(H2,12,13,16);6-7,9H,1-5H2,(H,13,14)(H2,11,12,15);1-2H2;;1H2/q;;;;;+1;/p-1/t8-,9-,13-;2*7-,8-,10-;6-,7-,9-;;;/m0000.../s1. The van der Waals surface area contributed by atoms with E-state index >= 15 is 0 Å². The largest absolute Gasteiger partial charge is 1.00 e. The van der Waals surface area contributed by atoms with E-state index in [0.29, 0.717) is 81.6 Å². The van der Waals surface area contributed by atoms with Crippen LogP contribution in [0.2, 0.25) is 0 Å². The number of amides is 6. The Bertz CT molecular complexity index is 2450. The number of carboxylic acid groups (broad SMARTS) is 1. The van der Waals surface area contributed by atoms with Crippen LogP contribution in [0.15, 0.2) is 0 Å². The number of hydroxylamine groups is 4. The van der Waals surface area contributed by atoms with E-state index in [2.05, 4.69) is 56.8 Å². The molecule has 494 valence electrons. The molecule has 37 heteroatoms. The van der Waals surface area contributed by atoms with Gasteiger partial charge >= 0.3 is 71.6 Å². The summed E-state index contributed by atoms with van der Waals surface area (Å²) >= 11 is 23.1. The number of urea groups is 1. The summed E-state index contributed by atoms with van der Waals surface area (Å²) in [6.07, 6.45) is 7.53. The number of carboxylic acids is 1. The minimum absolute atomic E-state index is 0. The molecule has 89 heavy (non-hydrogen) atoms. The van der Waals surface area contributed by atoms with Gasteiger partial charge in [0.25, 0.3) is 23.6 Å². The van der Waals surface area contributed by atoms with Crippen molar-refractivity contribution in [2.24, 2.45) is 0 Å². The number of thioether (sulfide) groups is 4. The first-order valence-electron chi connectivity index (χ1n) is 28.8. The Labute approximate surface area is 568 Å². The van der Waals surface area contributed by atoms with Crippen molar-refractivity contribution >= 4 is 159 Å². The second kappa shape index (κ2) is 38.3. The number of imide groups is 2. The number of esters is 2. The van der Waals surface area contributed by atoms with Gasteiger partial charge in [0.15, 0.2) is 15.3 Å². The molecule has 10 rings (SSSR count). The Morgan fingerprint density at radius 2 is 0.787 bits per heavy atom. The van der Waals surface area contributed by atoms with Crippen LogP contribution in [0.1, 0.15) is 128 Å². The number of hydrogen-bond acceptors (Lipinski definition) is 22. The van der Waals surface area contributed by atoms with Gasteiger partial charge in [-0.3, -0.25) is 33.6 Å². The number of rotatable bonds is 22. The molecule has 0 bridgehead atoms. The third-order valence-electron chi connectivity index (χ3n) is 15.3. The molecule has 0 radical (unpaired) electrons. The first kappa shape index (κ1) is 77.6. The van der Waals surface area contributed by atoms with E-state index in [0.717, 1.165) is 109 Å². The fraction of sp³-hybridized carbons (Fsp3) is 0.750. The maximum Gasteiger partial charge on any atom is 1.00 e. The van der Waals surface area contributed by atoms with E-state index in [1.807, 2.05) is 47.0 Å². The summed E-state index contributed by atoms with van der Waals surface area (Å²) in [6, 6.07) is 3.20. The zero-order valence-corrected chi connectivity index (χ0v) is 57.1. The molecule has 0 aromatic rings.